The zero-order chi connectivity index (χ0) is 14.8. The van der Waals surface area contributed by atoms with Gasteiger partial charge in [-0.3, -0.25) is 4.79 Å². The van der Waals surface area contributed by atoms with E-state index in [0.717, 1.165) is 25.7 Å². The van der Waals surface area contributed by atoms with Crippen molar-refractivity contribution in [1.29, 1.82) is 0 Å². The van der Waals surface area contributed by atoms with Crippen LogP contribution in [0.1, 0.15) is 43.2 Å². The van der Waals surface area contributed by atoms with Gasteiger partial charge < -0.3 is 16.2 Å². The SMILES string of the molecule is NCCCCCCC(=O)NCc1ccc(CO)c(F)c1. The van der Waals surface area contributed by atoms with Crippen LogP contribution in [0.4, 0.5) is 4.39 Å². The second-order valence-corrected chi connectivity index (χ2v) is 4.81. The van der Waals surface area contributed by atoms with Crippen molar-refractivity contribution in [3.8, 4) is 0 Å². The molecule has 0 saturated carbocycles. The van der Waals surface area contributed by atoms with Gasteiger partial charge in [-0.05, 0) is 31.0 Å². The first-order chi connectivity index (χ1) is 9.67. The monoisotopic (exact) mass is 282 g/mol. The van der Waals surface area contributed by atoms with Crippen molar-refractivity contribution in [3.63, 3.8) is 0 Å². The highest BCUT2D eigenvalue weighted by Crippen LogP contribution is 2.10. The highest BCUT2D eigenvalue weighted by Gasteiger charge is 2.04. The Hall–Kier alpha value is -1.46. The van der Waals surface area contributed by atoms with Crippen LogP contribution in [-0.2, 0) is 17.9 Å². The minimum atomic E-state index is -0.443. The Labute approximate surface area is 119 Å². The minimum Gasteiger partial charge on any atom is -0.392 e. The van der Waals surface area contributed by atoms with Crippen molar-refractivity contribution in [1.82, 2.24) is 5.32 Å². The number of rotatable bonds is 9. The van der Waals surface area contributed by atoms with Gasteiger partial charge in [-0.2, -0.15) is 0 Å². The third kappa shape index (κ3) is 6.12. The number of aliphatic hydroxyl groups is 1. The van der Waals surface area contributed by atoms with Gasteiger partial charge in [0.1, 0.15) is 5.82 Å². The van der Waals surface area contributed by atoms with Gasteiger partial charge in [0.2, 0.25) is 5.91 Å². The van der Waals surface area contributed by atoms with Gasteiger partial charge in [0.15, 0.2) is 0 Å². The fourth-order valence-corrected chi connectivity index (χ4v) is 1.90. The molecule has 0 saturated heterocycles. The molecule has 0 unspecified atom stereocenters. The molecule has 0 fully saturated rings. The molecule has 0 spiro atoms. The van der Waals surface area contributed by atoms with Crippen LogP contribution < -0.4 is 11.1 Å². The van der Waals surface area contributed by atoms with E-state index in [-0.39, 0.29) is 18.1 Å². The van der Waals surface area contributed by atoms with Gasteiger partial charge in [0.05, 0.1) is 6.61 Å². The molecule has 1 aromatic carbocycles. The van der Waals surface area contributed by atoms with Crippen LogP contribution >= 0.6 is 0 Å². The molecule has 0 aliphatic heterocycles. The summed E-state index contributed by atoms with van der Waals surface area (Å²) in [6.45, 7) is 0.688. The Kier molecular flexibility index (Phi) is 7.84. The van der Waals surface area contributed by atoms with E-state index < -0.39 is 5.82 Å². The summed E-state index contributed by atoms with van der Waals surface area (Å²) in [5.41, 5.74) is 6.34. The number of nitrogens with two attached hydrogens (primary N) is 1. The Morgan fingerprint density at radius 1 is 1.25 bits per heavy atom. The maximum atomic E-state index is 13.4. The van der Waals surface area contributed by atoms with Gasteiger partial charge in [0, 0.05) is 18.5 Å². The average molecular weight is 282 g/mol. The quantitative estimate of drug-likeness (QED) is 0.605. The lowest BCUT2D eigenvalue weighted by Gasteiger charge is -2.07. The van der Waals surface area contributed by atoms with Crippen LogP contribution in [0.25, 0.3) is 0 Å². The molecule has 1 rings (SSSR count). The van der Waals surface area contributed by atoms with E-state index in [9.17, 15) is 9.18 Å². The summed E-state index contributed by atoms with van der Waals surface area (Å²) in [5.74, 6) is -0.467. The third-order valence-electron chi connectivity index (χ3n) is 3.14. The van der Waals surface area contributed by atoms with Crippen molar-refractivity contribution >= 4 is 5.91 Å². The van der Waals surface area contributed by atoms with E-state index in [0.29, 0.717) is 25.1 Å². The zero-order valence-electron chi connectivity index (χ0n) is 11.7. The van der Waals surface area contributed by atoms with Crippen LogP contribution in [0.5, 0.6) is 0 Å². The Morgan fingerprint density at radius 2 is 2.00 bits per heavy atom. The van der Waals surface area contributed by atoms with Crippen molar-refractivity contribution in [2.45, 2.75) is 45.3 Å². The van der Waals surface area contributed by atoms with E-state index in [1.165, 1.54) is 12.1 Å². The summed E-state index contributed by atoms with van der Waals surface area (Å²) in [6, 6.07) is 4.58. The highest BCUT2D eigenvalue weighted by molar-refractivity contribution is 5.75. The van der Waals surface area contributed by atoms with Crippen LogP contribution in [0.15, 0.2) is 18.2 Å². The smallest absolute Gasteiger partial charge is 0.220 e. The molecular formula is C15H23FN2O2. The number of hydrogen-bond acceptors (Lipinski definition) is 3. The molecule has 0 aliphatic carbocycles. The van der Waals surface area contributed by atoms with Gasteiger partial charge >= 0.3 is 0 Å². The molecule has 20 heavy (non-hydrogen) atoms. The first-order valence-corrected chi connectivity index (χ1v) is 7.02. The molecule has 0 bridgehead atoms. The summed E-state index contributed by atoms with van der Waals surface area (Å²) in [5, 5.41) is 11.6. The summed E-state index contributed by atoms with van der Waals surface area (Å²) < 4.78 is 13.4. The molecule has 0 heterocycles. The molecule has 1 amide bonds. The normalized spacial score (nSPS) is 10.6. The highest BCUT2D eigenvalue weighted by atomic mass is 19.1. The summed E-state index contributed by atoms with van der Waals surface area (Å²) in [6.07, 6.45) is 4.39. The molecule has 0 radical (unpaired) electrons. The standard InChI is InChI=1S/C15H23FN2O2/c16-14-9-12(6-7-13(14)11-19)10-18-15(20)5-3-1-2-4-8-17/h6-7,9,19H,1-5,8,10-11,17H2,(H,18,20). The van der Waals surface area contributed by atoms with Crippen LogP contribution in [0.2, 0.25) is 0 Å². The molecule has 0 atom stereocenters. The number of unbranched alkanes of at least 4 members (excludes halogenated alkanes) is 3. The van der Waals surface area contributed by atoms with E-state index in [2.05, 4.69) is 5.32 Å². The molecular weight excluding hydrogens is 259 g/mol. The Balaban J connectivity index is 2.25. The first kappa shape index (κ1) is 16.6. The van der Waals surface area contributed by atoms with Crippen LogP contribution in [0, 0.1) is 5.82 Å². The summed E-state index contributed by atoms with van der Waals surface area (Å²) in [4.78, 5) is 11.6. The number of nitrogens with one attached hydrogen (secondary N) is 1. The largest absolute Gasteiger partial charge is 0.392 e. The zero-order valence-corrected chi connectivity index (χ0v) is 11.7. The Bertz CT molecular complexity index is 424. The maximum Gasteiger partial charge on any atom is 0.220 e. The molecule has 4 N–H and O–H groups in total. The number of hydrogen-bond donors (Lipinski definition) is 3. The van der Waals surface area contributed by atoms with Crippen molar-refractivity contribution < 1.29 is 14.3 Å². The molecule has 1 aromatic rings. The predicted octanol–water partition coefficient (Wildman–Crippen LogP) is 1.84. The van der Waals surface area contributed by atoms with E-state index >= 15 is 0 Å². The lowest BCUT2D eigenvalue weighted by atomic mass is 10.1. The van der Waals surface area contributed by atoms with E-state index in [4.69, 9.17) is 10.8 Å². The number of amides is 1. The summed E-state index contributed by atoms with van der Waals surface area (Å²) in [7, 11) is 0. The molecule has 112 valence electrons. The number of aliphatic hydroxyl groups excluding tert-OH is 1. The average Bonchev–Trinajstić information content (AvgIpc) is 2.45. The molecule has 4 nitrogen and oxygen atoms in total. The second-order valence-electron chi connectivity index (χ2n) is 4.81. The van der Waals surface area contributed by atoms with Gasteiger partial charge in [-0.15, -0.1) is 0 Å². The minimum absolute atomic E-state index is 0.0237. The fraction of sp³-hybridized carbons (Fsp3) is 0.533. The number of halogens is 1. The molecule has 5 heteroatoms. The predicted molar refractivity (Wildman–Crippen MR) is 76.3 cm³/mol. The number of carbonyl (C=O) groups is 1. The van der Waals surface area contributed by atoms with E-state index in [1.54, 1.807) is 6.07 Å². The third-order valence-corrected chi connectivity index (χ3v) is 3.14. The topological polar surface area (TPSA) is 75.4 Å². The van der Waals surface area contributed by atoms with Gasteiger partial charge in [-0.25, -0.2) is 4.39 Å². The number of benzene rings is 1. The maximum absolute atomic E-state index is 13.4. The van der Waals surface area contributed by atoms with E-state index in [1.807, 2.05) is 0 Å². The molecule has 0 aromatic heterocycles. The van der Waals surface area contributed by atoms with Gasteiger partial charge in [0.25, 0.3) is 0 Å². The van der Waals surface area contributed by atoms with Crippen molar-refractivity contribution in [3.05, 3.63) is 35.1 Å². The second kappa shape index (κ2) is 9.44. The summed E-state index contributed by atoms with van der Waals surface area (Å²) >= 11 is 0. The number of carbonyl (C=O) groups excluding carboxylic acids is 1. The lowest BCUT2D eigenvalue weighted by Crippen LogP contribution is -2.22. The van der Waals surface area contributed by atoms with Crippen LogP contribution in [-0.4, -0.2) is 17.6 Å². The Morgan fingerprint density at radius 3 is 2.65 bits per heavy atom. The lowest BCUT2D eigenvalue weighted by molar-refractivity contribution is -0.121. The van der Waals surface area contributed by atoms with Crippen molar-refractivity contribution in [2.24, 2.45) is 5.73 Å². The molecule has 0 aliphatic rings. The van der Waals surface area contributed by atoms with Gasteiger partial charge in [-0.1, -0.05) is 25.0 Å². The fourth-order valence-electron chi connectivity index (χ4n) is 1.90. The first-order valence-electron chi connectivity index (χ1n) is 7.02. The van der Waals surface area contributed by atoms with Crippen LogP contribution in [0.3, 0.4) is 0 Å². The van der Waals surface area contributed by atoms with Crippen molar-refractivity contribution in [2.75, 3.05) is 6.54 Å².